The molecule has 1 aromatic rings. The Morgan fingerprint density at radius 2 is 2.67 bits per heavy atom. The van der Waals surface area contributed by atoms with E-state index in [1.807, 2.05) is 0 Å². The molecule has 0 bridgehead atoms. The summed E-state index contributed by atoms with van der Waals surface area (Å²) in [5, 5.41) is 8.57. The average Bonchev–Trinajstić information content (AvgIpc) is 1.88. The lowest BCUT2D eigenvalue weighted by Crippen LogP contribution is -1.91. The van der Waals surface area contributed by atoms with Crippen LogP contribution in [0, 0.1) is 5.82 Å². The Bertz CT molecular complexity index is 229. The number of aromatic nitrogens is 1. The molecule has 3 heteroatoms. The van der Waals surface area contributed by atoms with Gasteiger partial charge in [0.25, 0.3) is 0 Å². The molecule has 0 saturated heterocycles. The fourth-order valence-electron chi connectivity index (χ4n) is 0.493. The highest BCUT2D eigenvalue weighted by atomic mass is 19.1. The molecule has 0 aliphatic heterocycles. The fourth-order valence-corrected chi connectivity index (χ4v) is 0.493. The topological polar surface area (TPSA) is 33.1 Å². The summed E-state index contributed by atoms with van der Waals surface area (Å²) in [6.07, 6.45) is 1.33. The molecule has 9 heavy (non-hydrogen) atoms. The van der Waals surface area contributed by atoms with E-state index in [2.05, 4.69) is 4.98 Å². The van der Waals surface area contributed by atoms with Crippen molar-refractivity contribution in [1.29, 1.82) is 0 Å². The standard InChI is InChI=1S/C6H6FNO/c7-5-2-1-3-8-6(5)4-9/h1-3,9H,4H2/i4D/t4-/m0/s1. The van der Waals surface area contributed by atoms with Gasteiger partial charge >= 0.3 is 0 Å². The van der Waals surface area contributed by atoms with E-state index in [1.54, 1.807) is 0 Å². The van der Waals surface area contributed by atoms with Crippen LogP contribution in [0.5, 0.6) is 0 Å². The van der Waals surface area contributed by atoms with E-state index >= 15 is 0 Å². The van der Waals surface area contributed by atoms with Crippen molar-refractivity contribution in [2.75, 3.05) is 0 Å². The van der Waals surface area contributed by atoms with Crippen molar-refractivity contribution in [2.24, 2.45) is 0 Å². The van der Waals surface area contributed by atoms with Gasteiger partial charge in [0.2, 0.25) is 0 Å². The van der Waals surface area contributed by atoms with Crippen LogP contribution in [0.1, 0.15) is 7.06 Å². The van der Waals surface area contributed by atoms with Crippen molar-refractivity contribution in [3.63, 3.8) is 0 Å². The number of rotatable bonds is 1. The van der Waals surface area contributed by atoms with Crippen LogP contribution in [0.3, 0.4) is 0 Å². The zero-order chi connectivity index (χ0) is 7.56. The van der Waals surface area contributed by atoms with Crippen molar-refractivity contribution < 1.29 is 10.9 Å². The molecule has 1 atom stereocenters. The van der Waals surface area contributed by atoms with Gasteiger partial charge in [-0.3, -0.25) is 4.98 Å². The van der Waals surface area contributed by atoms with Crippen molar-refractivity contribution in [3.8, 4) is 0 Å². The number of pyridine rings is 1. The third kappa shape index (κ3) is 1.23. The van der Waals surface area contributed by atoms with Crippen LogP contribution in [0.4, 0.5) is 4.39 Å². The molecule has 48 valence electrons. The lowest BCUT2D eigenvalue weighted by Gasteiger charge is -1.93. The molecule has 1 aromatic heterocycles. The molecule has 1 heterocycles. The summed E-state index contributed by atoms with van der Waals surface area (Å²) in [6.45, 7) is -1.58. The van der Waals surface area contributed by atoms with Gasteiger partial charge in [0.1, 0.15) is 11.5 Å². The van der Waals surface area contributed by atoms with E-state index in [-0.39, 0.29) is 5.69 Å². The Balaban J connectivity index is 3.03. The van der Waals surface area contributed by atoms with Gasteiger partial charge in [-0.05, 0) is 12.1 Å². The molecule has 0 aromatic carbocycles. The van der Waals surface area contributed by atoms with Gasteiger partial charge in [-0.15, -0.1) is 0 Å². The van der Waals surface area contributed by atoms with E-state index < -0.39 is 12.4 Å². The molecule has 2 nitrogen and oxygen atoms in total. The Labute approximate surface area is 53.4 Å². The molecule has 0 fully saturated rings. The Kier molecular flexibility index (Phi) is 1.38. The lowest BCUT2D eigenvalue weighted by atomic mass is 10.3. The van der Waals surface area contributed by atoms with Crippen LogP contribution >= 0.6 is 0 Å². The summed E-state index contributed by atoms with van der Waals surface area (Å²) in [5.74, 6) is -0.648. The van der Waals surface area contributed by atoms with Crippen molar-refractivity contribution in [2.45, 2.75) is 6.58 Å². The second-order valence-corrected chi connectivity index (χ2v) is 1.50. The zero-order valence-corrected chi connectivity index (χ0v) is 4.58. The first-order valence-corrected chi connectivity index (χ1v) is 2.42. The highest BCUT2D eigenvalue weighted by molar-refractivity contribution is 5.05. The van der Waals surface area contributed by atoms with Crippen LogP contribution in [0.25, 0.3) is 0 Å². The van der Waals surface area contributed by atoms with Crippen molar-refractivity contribution in [1.82, 2.24) is 4.98 Å². The number of halogens is 1. The smallest absolute Gasteiger partial charge is 0.147 e. The predicted octanol–water partition coefficient (Wildman–Crippen LogP) is 0.713. The second-order valence-electron chi connectivity index (χ2n) is 1.50. The molecule has 0 spiro atoms. The van der Waals surface area contributed by atoms with Gasteiger partial charge in [0, 0.05) is 6.20 Å². The predicted molar refractivity (Wildman–Crippen MR) is 30.1 cm³/mol. The molecule has 0 radical (unpaired) electrons. The number of aliphatic hydroxyl groups is 1. The molecule has 0 amide bonds. The molecule has 0 unspecified atom stereocenters. The third-order valence-electron chi connectivity index (χ3n) is 0.909. The first-order valence-electron chi connectivity index (χ1n) is 3.00. The summed E-state index contributed by atoms with van der Waals surface area (Å²) >= 11 is 0. The second kappa shape index (κ2) is 2.55. The van der Waals surface area contributed by atoms with E-state index in [4.69, 9.17) is 6.48 Å². The number of hydrogen-bond acceptors (Lipinski definition) is 2. The molecule has 1 N–H and O–H groups in total. The number of hydrogen-bond donors (Lipinski definition) is 1. The van der Waals surface area contributed by atoms with E-state index in [1.165, 1.54) is 12.3 Å². The van der Waals surface area contributed by atoms with Gasteiger partial charge in [-0.25, -0.2) is 4.39 Å². The van der Waals surface area contributed by atoms with Crippen LogP contribution < -0.4 is 0 Å². The van der Waals surface area contributed by atoms with Gasteiger partial charge in [0.05, 0.1) is 7.95 Å². The summed E-state index contributed by atoms with van der Waals surface area (Å²) < 4.78 is 19.2. The van der Waals surface area contributed by atoms with Gasteiger partial charge in [-0.2, -0.15) is 0 Å². The van der Waals surface area contributed by atoms with Crippen LogP contribution in [-0.2, 0) is 6.58 Å². The third-order valence-corrected chi connectivity index (χ3v) is 0.909. The first-order chi connectivity index (χ1) is 4.72. The highest BCUT2D eigenvalue weighted by Gasteiger charge is 1.96. The van der Waals surface area contributed by atoms with E-state index in [0.29, 0.717) is 0 Å². The zero-order valence-electron chi connectivity index (χ0n) is 5.58. The molecular weight excluding hydrogens is 121 g/mol. The van der Waals surface area contributed by atoms with Crippen LogP contribution in [0.15, 0.2) is 18.3 Å². The van der Waals surface area contributed by atoms with Gasteiger partial charge in [0.15, 0.2) is 0 Å². The minimum Gasteiger partial charge on any atom is -0.390 e. The monoisotopic (exact) mass is 128 g/mol. The lowest BCUT2D eigenvalue weighted by molar-refractivity contribution is 0.270. The number of aliphatic hydroxyl groups excluding tert-OH is 1. The minimum absolute atomic E-state index is 0.234. The summed E-state index contributed by atoms with van der Waals surface area (Å²) in [7, 11) is 0. The fraction of sp³-hybridized carbons (Fsp3) is 0.167. The molecular formula is C6H6FNO. The first kappa shape index (κ1) is 4.88. The minimum atomic E-state index is -1.58. The summed E-state index contributed by atoms with van der Waals surface area (Å²) in [4.78, 5) is 3.47. The maximum Gasteiger partial charge on any atom is 0.147 e. The molecule has 0 saturated carbocycles. The maximum atomic E-state index is 12.5. The van der Waals surface area contributed by atoms with Crippen LogP contribution in [-0.4, -0.2) is 10.1 Å². The normalized spacial score (nSPS) is 14.7. The highest BCUT2D eigenvalue weighted by Crippen LogP contribution is 2.00. The van der Waals surface area contributed by atoms with Gasteiger partial charge in [-0.1, -0.05) is 0 Å². The Morgan fingerprint density at radius 3 is 3.11 bits per heavy atom. The van der Waals surface area contributed by atoms with Crippen molar-refractivity contribution >= 4 is 0 Å². The largest absolute Gasteiger partial charge is 0.390 e. The SMILES string of the molecule is [2H][C@H](O)c1ncccc1F. The quantitative estimate of drug-likeness (QED) is 0.604. The summed E-state index contributed by atoms with van der Waals surface area (Å²) in [6, 6.07) is 2.56. The summed E-state index contributed by atoms with van der Waals surface area (Å²) in [5.41, 5.74) is -0.234. The molecule has 0 aliphatic rings. The number of nitrogens with zero attached hydrogens (tertiary/aromatic N) is 1. The van der Waals surface area contributed by atoms with E-state index in [0.717, 1.165) is 6.07 Å². The molecule has 1 rings (SSSR count). The van der Waals surface area contributed by atoms with E-state index in [9.17, 15) is 4.39 Å². The average molecular weight is 128 g/mol. The Morgan fingerprint density at radius 1 is 1.89 bits per heavy atom. The molecule has 0 aliphatic carbocycles. The maximum absolute atomic E-state index is 12.5. The van der Waals surface area contributed by atoms with Crippen LogP contribution in [0.2, 0.25) is 0 Å². The van der Waals surface area contributed by atoms with Gasteiger partial charge < -0.3 is 5.11 Å². The van der Waals surface area contributed by atoms with Crippen molar-refractivity contribution in [3.05, 3.63) is 29.8 Å². The Hall–Kier alpha value is -0.960.